The summed E-state index contributed by atoms with van der Waals surface area (Å²) in [5.41, 5.74) is 7.80. The molecule has 1 aliphatic rings. The normalized spacial score (nSPS) is 23.0. The number of nitrogens with two attached hydrogens (primary N) is 1. The smallest absolute Gasteiger partial charge is 0.126 e. The van der Waals surface area contributed by atoms with Gasteiger partial charge in [0.05, 0.1) is 18.8 Å². The van der Waals surface area contributed by atoms with E-state index in [1.165, 1.54) is 6.07 Å². The Hall–Kier alpha value is -0.970. The lowest BCUT2D eigenvalue weighted by Crippen LogP contribution is -2.46. The molecule has 0 spiro atoms. The van der Waals surface area contributed by atoms with Crippen molar-refractivity contribution in [3.05, 3.63) is 35.1 Å². The molecule has 0 amide bonds. The van der Waals surface area contributed by atoms with Gasteiger partial charge in [-0.25, -0.2) is 4.39 Å². The van der Waals surface area contributed by atoms with Crippen molar-refractivity contribution in [2.24, 2.45) is 5.73 Å². The molecule has 2 atom stereocenters. The Labute approximate surface area is 108 Å². The van der Waals surface area contributed by atoms with E-state index in [0.29, 0.717) is 12.2 Å². The Balaban J connectivity index is 2.10. The SMILES string of the molecule is CCN1CCOC(C(N)c2ccc(F)c(C)c2)C1. The first kappa shape index (κ1) is 13.5. The number of halogens is 1. The highest BCUT2D eigenvalue weighted by Gasteiger charge is 2.26. The summed E-state index contributed by atoms with van der Waals surface area (Å²) in [6.07, 6.45) is -0.0106. The van der Waals surface area contributed by atoms with E-state index in [9.17, 15) is 4.39 Å². The Bertz CT molecular complexity index is 411. The fourth-order valence-corrected chi connectivity index (χ4v) is 2.33. The highest BCUT2D eigenvalue weighted by atomic mass is 19.1. The highest BCUT2D eigenvalue weighted by Crippen LogP contribution is 2.22. The topological polar surface area (TPSA) is 38.5 Å². The summed E-state index contributed by atoms with van der Waals surface area (Å²) in [5, 5.41) is 0. The molecule has 0 aromatic heterocycles. The van der Waals surface area contributed by atoms with E-state index in [4.69, 9.17) is 10.5 Å². The predicted molar refractivity (Wildman–Crippen MR) is 69.9 cm³/mol. The highest BCUT2D eigenvalue weighted by molar-refractivity contribution is 5.27. The zero-order valence-corrected chi connectivity index (χ0v) is 11.0. The van der Waals surface area contributed by atoms with Crippen LogP contribution < -0.4 is 5.73 Å². The number of likely N-dealkylation sites (N-methyl/N-ethyl adjacent to an activating group) is 1. The van der Waals surface area contributed by atoms with Gasteiger partial charge in [-0.15, -0.1) is 0 Å². The molecule has 1 heterocycles. The molecular formula is C14H21FN2O. The largest absolute Gasteiger partial charge is 0.374 e. The second-order valence-electron chi connectivity index (χ2n) is 4.84. The average molecular weight is 252 g/mol. The zero-order chi connectivity index (χ0) is 13.1. The maximum atomic E-state index is 13.2. The maximum absolute atomic E-state index is 13.2. The van der Waals surface area contributed by atoms with Crippen molar-refractivity contribution in [2.75, 3.05) is 26.2 Å². The molecule has 1 saturated heterocycles. The summed E-state index contributed by atoms with van der Waals surface area (Å²) in [7, 11) is 0. The molecule has 0 radical (unpaired) electrons. The van der Waals surface area contributed by atoms with Crippen molar-refractivity contribution in [3.8, 4) is 0 Å². The van der Waals surface area contributed by atoms with E-state index in [1.54, 1.807) is 13.0 Å². The Morgan fingerprint density at radius 1 is 1.56 bits per heavy atom. The van der Waals surface area contributed by atoms with Crippen molar-refractivity contribution >= 4 is 0 Å². The summed E-state index contributed by atoms with van der Waals surface area (Å²) >= 11 is 0. The van der Waals surface area contributed by atoms with Gasteiger partial charge in [0.15, 0.2) is 0 Å². The van der Waals surface area contributed by atoms with Crippen LogP contribution in [0.1, 0.15) is 24.1 Å². The van der Waals surface area contributed by atoms with Crippen LogP contribution in [-0.4, -0.2) is 37.2 Å². The van der Waals surface area contributed by atoms with E-state index < -0.39 is 0 Å². The number of rotatable bonds is 3. The van der Waals surface area contributed by atoms with Gasteiger partial charge in [-0.05, 0) is 30.7 Å². The van der Waals surface area contributed by atoms with Crippen molar-refractivity contribution in [1.29, 1.82) is 0 Å². The summed E-state index contributed by atoms with van der Waals surface area (Å²) in [5.74, 6) is -0.189. The quantitative estimate of drug-likeness (QED) is 0.892. The van der Waals surface area contributed by atoms with Crippen molar-refractivity contribution < 1.29 is 9.13 Å². The molecule has 1 aliphatic heterocycles. The molecule has 1 aromatic rings. The number of hydrogen-bond donors (Lipinski definition) is 1. The lowest BCUT2D eigenvalue weighted by Gasteiger charge is -2.35. The lowest BCUT2D eigenvalue weighted by atomic mass is 9.99. The van der Waals surface area contributed by atoms with E-state index >= 15 is 0 Å². The van der Waals surface area contributed by atoms with Gasteiger partial charge < -0.3 is 10.5 Å². The molecule has 1 aromatic carbocycles. The molecule has 100 valence electrons. The number of morpholine rings is 1. The number of aryl methyl sites for hydroxylation is 1. The van der Waals surface area contributed by atoms with Gasteiger partial charge in [-0.2, -0.15) is 0 Å². The van der Waals surface area contributed by atoms with Gasteiger partial charge >= 0.3 is 0 Å². The number of hydrogen-bond acceptors (Lipinski definition) is 3. The molecule has 2 N–H and O–H groups in total. The van der Waals surface area contributed by atoms with Crippen LogP contribution in [-0.2, 0) is 4.74 Å². The lowest BCUT2D eigenvalue weighted by molar-refractivity contribution is -0.0392. The predicted octanol–water partition coefficient (Wildman–Crippen LogP) is 1.85. The molecule has 18 heavy (non-hydrogen) atoms. The molecule has 2 unspecified atom stereocenters. The van der Waals surface area contributed by atoms with Gasteiger partial charge in [0.2, 0.25) is 0 Å². The van der Waals surface area contributed by atoms with Crippen LogP contribution in [0, 0.1) is 12.7 Å². The first-order valence-electron chi connectivity index (χ1n) is 6.47. The maximum Gasteiger partial charge on any atom is 0.126 e. The molecule has 0 aliphatic carbocycles. The summed E-state index contributed by atoms with van der Waals surface area (Å²) in [6, 6.07) is 4.85. The first-order chi connectivity index (χ1) is 8.61. The van der Waals surface area contributed by atoms with Crippen molar-refractivity contribution in [3.63, 3.8) is 0 Å². The van der Waals surface area contributed by atoms with Gasteiger partial charge in [-0.1, -0.05) is 19.1 Å². The monoisotopic (exact) mass is 252 g/mol. The van der Waals surface area contributed by atoms with E-state index in [0.717, 1.165) is 25.2 Å². The summed E-state index contributed by atoms with van der Waals surface area (Å²) < 4.78 is 19.0. The van der Waals surface area contributed by atoms with Crippen molar-refractivity contribution in [1.82, 2.24) is 4.90 Å². The first-order valence-corrected chi connectivity index (χ1v) is 6.47. The van der Waals surface area contributed by atoms with Gasteiger partial charge in [0.1, 0.15) is 5.82 Å². The summed E-state index contributed by atoms with van der Waals surface area (Å²) in [6.45, 7) is 7.42. The minimum atomic E-state index is -0.196. The van der Waals surface area contributed by atoms with Gasteiger partial charge in [-0.3, -0.25) is 4.90 Å². The third kappa shape index (κ3) is 2.88. The van der Waals surface area contributed by atoms with E-state index in [2.05, 4.69) is 11.8 Å². The second kappa shape index (κ2) is 5.78. The standard InChI is InChI=1S/C14H21FN2O/c1-3-17-6-7-18-13(9-17)14(16)11-4-5-12(15)10(2)8-11/h4-5,8,13-14H,3,6-7,9,16H2,1-2H3. The third-order valence-electron chi connectivity index (χ3n) is 3.59. The van der Waals surface area contributed by atoms with Crippen LogP contribution in [0.15, 0.2) is 18.2 Å². The number of ether oxygens (including phenoxy) is 1. The number of nitrogens with zero attached hydrogens (tertiary/aromatic N) is 1. The Morgan fingerprint density at radius 3 is 3.00 bits per heavy atom. The Kier molecular flexibility index (Phi) is 4.32. The van der Waals surface area contributed by atoms with Crippen LogP contribution in [0.5, 0.6) is 0 Å². The van der Waals surface area contributed by atoms with E-state index in [-0.39, 0.29) is 18.0 Å². The molecule has 0 saturated carbocycles. The van der Waals surface area contributed by atoms with Crippen LogP contribution in [0.3, 0.4) is 0 Å². The van der Waals surface area contributed by atoms with Crippen LogP contribution in [0.2, 0.25) is 0 Å². The van der Waals surface area contributed by atoms with E-state index in [1.807, 2.05) is 6.07 Å². The molecule has 4 heteroatoms. The van der Waals surface area contributed by atoms with Crippen LogP contribution >= 0.6 is 0 Å². The fourth-order valence-electron chi connectivity index (χ4n) is 2.33. The van der Waals surface area contributed by atoms with Crippen molar-refractivity contribution in [2.45, 2.75) is 26.0 Å². The molecule has 1 fully saturated rings. The summed E-state index contributed by atoms with van der Waals surface area (Å²) in [4.78, 5) is 2.32. The second-order valence-corrected chi connectivity index (χ2v) is 4.84. The minimum absolute atomic E-state index is 0.0106. The van der Waals surface area contributed by atoms with Gasteiger partial charge in [0, 0.05) is 13.1 Å². The Morgan fingerprint density at radius 2 is 2.33 bits per heavy atom. The molecule has 2 rings (SSSR count). The number of benzene rings is 1. The minimum Gasteiger partial charge on any atom is -0.374 e. The van der Waals surface area contributed by atoms with Gasteiger partial charge in [0.25, 0.3) is 0 Å². The molecule has 3 nitrogen and oxygen atoms in total. The van der Waals surface area contributed by atoms with Crippen LogP contribution in [0.4, 0.5) is 4.39 Å². The fraction of sp³-hybridized carbons (Fsp3) is 0.571. The third-order valence-corrected chi connectivity index (χ3v) is 3.59. The molecule has 0 bridgehead atoms. The average Bonchev–Trinajstić information content (AvgIpc) is 2.41. The van der Waals surface area contributed by atoms with Crippen LogP contribution in [0.25, 0.3) is 0 Å². The molecular weight excluding hydrogens is 231 g/mol. The zero-order valence-electron chi connectivity index (χ0n) is 11.0.